The van der Waals surface area contributed by atoms with Gasteiger partial charge < -0.3 is 4.74 Å². The zero-order valence-electron chi connectivity index (χ0n) is 10.8. The van der Waals surface area contributed by atoms with Gasteiger partial charge in [-0.15, -0.1) is 11.6 Å². The van der Waals surface area contributed by atoms with Gasteiger partial charge in [-0.3, -0.25) is 4.90 Å². The Labute approximate surface area is 119 Å². The molecule has 1 aromatic carbocycles. The zero-order chi connectivity index (χ0) is 13.2. The molecule has 0 N–H and O–H groups in total. The molecule has 2 nitrogen and oxygen atoms in total. The van der Waals surface area contributed by atoms with Gasteiger partial charge in [0.1, 0.15) is 0 Å². The molecule has 1 unspecified atom stereocenters. The van der Waals surface area contributed by atoms with E-state index in [0.29, 0.717) is 5.88 Å². The van der Waals surface area contributed by atoms with Crippen LogP contribution < -0.4 is 0 Å². The first-order valence-corrected chi connectivity index (χ1v) is 7.10. The van der Waals surface area contributed by atoms with Gasteiger partial charge in [0, 0.05) is 30.5 Å². The van der Waals surface area contributed by atoms with Crippen LogP contribution in [0.3, 0.4) is 0 Å². The summed E-state index contributed by atoms with van der Waals surface area (Å²) in [5, 5.41) is 0.786. The highest BCUT2D eigenvalue weighted by molar-refractivity contribution is 6.30. The largest absolute Gasteiger partial charge is 0.368 e. The number of halogens is 2. The van der Waals surface area contributed by atoms with Crippen molar-refractivity contribution in [3.8, 4) is 0 Å². The highest BCUT2D eigenvalue weighted by Gasteiger charge is 2.32. The van der Waals surface area contributed by atoms with E-state index in [1.165, 1.54) is 5.56 Å². The van der Waals surface area contributed by atoms with Gasteiger partial charge in [-0.1, -0.05) is 23.7 Å². The molecule has 1 aliphatic rings. The minimum atomic E-state index is -0.142. The summed E-state index contributed by atoms with van der Waals surface area (Å²) in [4.78, 5) is 2.38. The third-order valence-electron chi connectivity index (χ3n) is 3.02. The highest BCUT2D eigenvalue weighted by Crippen LogP contribution is 2.23. The molecule has 0 spiro atoms. The summed E-state index contributed by atoms with van der Waals surface area (Å²) in [6.45, 7) is 6.89. The Bertz CT molecular complexity index is 409. The van der Waals surface area contributed by atoms with Crippen molar-refractivity contribution >= 4 is 23.2 Å². The van der Waals surface area contributed by atoms with Gasteiger partial charge in [0.05, 0.1) is 11.7 Å². The summed E-state index contributed by atoms with van der Waals surface area (Å²) in [6.07, 6.45) is 0.106. The molecule has 2 rings (SSSR count). The Balaban J connectivity index is 2.04. The lowest BCUT2D eigenvalue weighted by atomic mass is 10.0. The Morgan fingerprint density at radius 1 is 1.44 bits per heavy atom. The van der Waals surface area contributed by atoms with Crippen molar-refractivity contribution in [1.29, 1.82) is 0 Å². The number of benzene rings is 1. The maximum absolute atomic E-state index is 6.01. The molecule has 4 heteroatoms. The van der Waals surface area contributed by atoms with E-state index >= 15 is 0 Å². The smallest absolute Gasteiger partial charge is 0.0845 e. The molecule has 100 valence electrons. The van der Waals surface area contributed by atoms with E-state index in [9.17, 15) is 0 Å². The van der Waals surface area contributed by atoms with Crippen molar-refractivity contribution < 1.29 is 4.74 Å². The third-order valence-corrected chi connectivity index (χ3v) is 3.60. The number of nitrogens with zero attached hydrogens (tertiary/aromatic N) is 1. The number of hydrogen-bond acceptors (Lipinski definition) is 2. The fourth-order valence-corrected chi connectivity index (χ4v) is 2.88. The molecule has 0 amide bonds. The molecule has 0 saturated carbocycles. The molecular weight excluding hydrogens is 269 g/mol. The van der Waals surface area contributed by atoms with Crippen molar-refractivity contribution in [2.75, 3.05) is 19.0 Å². The predicted octanol–water partition coefficient (Wildman–Crippen LogP) is 3.56. The first-order chi connectivity index (χ1) is 8.48. The lowest BCUT2D eigenvalue weighted by Gasteiger charge is -2.42. The minimum Gasteiger partial charge on any atom is -0.368 e. The van der Waals surface area contributed by atoms with Gasteiger partial charge >= 0.3 is 0 Å². The second kappa shape index (κ2) is 5.79. The van der Waals surface area contributed by atoms with Gasteiger partial charge in [-0.2, -0.15) is 0 Å². The van der Waals surface area contributed by atoms with Crippen molar-refractivity contribution in [2.45, 2.75) is 32.1 Å². The number of rotatable bonds is 3. The van der Waals surface area contributed by atoms with E-state index in [2.05, 4.69) is 24.8 Å². The van der Waals surface area contributed by atoms with Crippen LogP contribution in [-0.2, 0) is 11.3 Å². The molecule has 1 atom stereocenters. The van der Waals surface area contributed by atoms with Crippen molar-refractivity contribution in [3.05, 3.63) is 34.9 Å². The minimum absolute atomic E-state index is 0.106. The third kappa shape index (κ3) is 3.86. The Morgan fingerprint density at radius 2 is 2.22 bits per heavy atom. The lowest BCUT2D eigenvalue weighted by molar-refractivity contribution is -0.129. The summed E-state index contributed by atoms with van der Waals surface area (Å²) < 4.78 is 5.91. The van der Waals surface area contributed by atoms with E-state index in [1.54, 1.807) is 0 Å². The van der Waals surface area contributed by atoms with Gasteiger partial charge in [-0.05, 0) is 31.5 Å². The van der Waals surface area contributed by atoms with E-state index < -0.39 is 0 Å². The number of ether oxygens (including phenoxy) is 1. The summed E-state index contributed by atoms with van der Waals surface area (Å²) in [5.41, 5.74) is 1.09. The van der Waals surface area contributed by atoms with Crippen LogP contribution in [0.1, 0.15) is 19.4 Å². The van der Waals surface area contributed by atoms with Crippen LogP contribution in [0.5, 0.6) is 0 Å². The van der Waals surface area contributed by atoms with Crippen LogP contribution in [0.15, 0.2) is 24.3 Å². The standard InChI is InChI=1S/C14H19Cl2NO/c1-14(2)10-17(9-13(7-15)18-14)8-11-4-3-5-12(16)6-11/h3-6,13H,7-10H2,1-2H3. The van der Waals surface area contributed by atoms with Crippen LogP contribution >= 0.6 is 23.2 Å². The molecule has 0 radical (unpaired) electrons. The number of morpholine rings is 1. The van der Waals surface area contributed by atoms with E-state index in [0.717, 1.165) is 24.7 Å². The Hall–Kier alpha value is -0.280. The maximum atomic E-state index is 6.01. The first-order valence-electron chi connectivity index (χ1n) is 6.19. The van der Waals surface area contributed by atoms with E-state index in [-0.39, 0.29) is 11.7 Å². The van der Waals surface area contributed by atoms with Crippen molar-refractivity contribution in [1.82, 2.24) is 4.90 Å². The zero-order valence-corrected chi connectivity index (χ0v) is 12.3. The van der Waals surface area contributed by atoms with Crippen molar-refractivity contribution in [3.63, 3.8) is 0 Å². The first kappa shape index (κ1) is 14.1. The fraction of sp³-hybridized carbons (Fsp3) is 0.571. The number of alkyl halides is 1. The normalized spacial score (nSPS) is 24.1. The van der Waals surface area contributed by atoms with Crippen LogP contribution in [0.4, 0.5) is 0 Å². The topological polar surface area (TPSA) is 12.5 Å². The molecule has 1 aromatic rings. The number of hydrogen-bond donors (Lipinski definition) is 0. The SMILES string of the molecule is CC1(C)CN(Cc2cccc(Cl)c2)CC(CCl)O1. The van der Waals surface area contributed by atoms with Gasteiger partial charge in [-0.25, -0.2) is 0 Å². The molecule has 1 fully saturated rings. The quantitative estimate of drug-likeness (QED) is 0.789. The molecule has 1 saturated heterocycles. The highest BCUT2D eigenvalue weighted by atomic mass is 35.5. The summed E-state index contributed by atoms with van der Waals surface area (Å²) >= 11 is 11.9. The van der Waals surface area contributed by atoms with Crippen LogP contribution in [0.25, 0.3) is 0 Å². The van der Waals surface area contributed by atoms with Gasteiger partial charge in [0.15, 0.2) is 0 Å². The Kier molecular flexibility index (Phi) is 4.54. The predicted molar refractivity (Wildman–Crippen MR) is 76.4 cm³/mol. The molecule has 1 aliphatic heterocycles. The van der Waals surface area contributed by atoms with E-state index in [1.807, 2.05) is 18.2 Å². The Morgan fingerprint density at radius 3 is 2.89 bits per heavy atom. The van der Waals surface area contributed by atoms with Gasteiger partial charge in [0.25, 0.3) is 0 Å². The van der Waals surface area contributed by atoms with E-state index in [4.69, 9.17) is 27.9 Å². The second-order valence-corrected chi connectivity index (χ2v) is 6.20. The lowest BCUT2D eigenvalue weighted by Crippen LogP contribution is -2.52. The molecule has 0 aliphatic carbocycles. The van der Waals surface area contributed by atoms with Crippen LogP contribution in [0, 0.1) is 0 Å². The molecule has 0 aromatic heterocycles. The summed E-state index contributed by atoms with van der Waals surface area (Å²) in [6, 6.07) is 8.00. The van der Waals surface area contributed by atoms with Crippen LogP contribution in [0.2, 0.25) is 5.02 Å². The molecular formula is C14H19Cl2NO. The van der Waals surface area contributed by atoms with Gasteiger partial charge in [0.2, 0.25) is 0 Å². The summed E-state index contributed by atoms with van der Waals surface area (Å²) in [7, 11) is 0. The van der Waals surface area contributed by atoms with Crippen LogP contribution in [-0.4, -0.2) is 35.6 Å². The molecule has 0 bridgehead atoms. The summed E-state index contributed by atoms with van der Waals surface area (Å²) in [5.74, 6) is 0.537. The second-order valence-electron chi connectivity index (χ2n) is 5.45. The van der Waals surface area contributed by atoms with Crippen molar-refractivity contribution in [2.24, 2.45) is 0 Å². The molecule has 1 heterocycles. The maximum Gasteiger partial charge on any atom is 0.0845 e. The average Bonchev–Trinajstić information content (AvgIpc) is 2.26. The average molecular weight is 288 g/mol. The monoisotopic (exact) mass is 287 g/mol. The fourth-order valence-electron chi connectivity index (χ4n) is 2.51. The molecule has 18 heavy (non-hydrogen) atoms.